The average molecular weight is 292 g/mol. The number of benzene rings is 2. The zero-order valence-corrected chi connectivity index (χ0v) is 12.8. The highest BCUT2D eigenvalue weighted by atomic mass is 16.5. The molecule has 1 aromatic heterocycles. The molecule has 2 heterocycles. The number of hydrogen-bond acceptors (Lipinski definition) is 4. The molecule has 0 spiro atoms. The predicted molar refractivity (Wildman–Crippen MR) is 86.9 cm³/mol. The van der Waals surface area contributed by atoms with Gasteiger partial charge in [-0.15, -0.1) is 0 Å². The molecule has 1 aliphatic heterocycles. The Balaban J connectivity index is 1.73. The summed E-state index contributed by atoms with van der Waals surface area (Å²) in [5, 5.41) is 0. The molecule has 0 fully saturated rings. The molecule has 0 unspecified atom stereocenters. The summed E-state index contributed by atoms with van der Waals surface area (Å²) >= 11 is 0. The fourth-order valence-corrected chi connectivity index (χ4v) is 2.62. The summed E-state index contributed by atoms with van der Waals surface area (Å²) in [6, 6.07) is 12.1. The Morgan fingerprint density at radius 2 is 1.82 bits per heavy atom. The van der Waals surface area contributed by atoms with Crippen LogP contribution < -0.4 is 9.64 Å². The topological polar surface area (TPSA) is 38.5 Å². The van der Waals surface area contributed by atoms with E-state index in [0.717, 1.165) is 28.1 Å². The molecule has 0 saturated carbocycles. The standard InChI is InChI=1S/C18H16N2O2/c1-11-4-6-15-13(8-11)19-17(21-15)10-18-20(3)14-9-12(2)5-7-16(14)22-18/h4-10H,1-3H3/b18-10-. The quantitative estimate of drug-likeness (QED) is 0.671. The number of aryl methyl sites for hydroxylation is 2. The smallest absolute Gasteiger partial charge is 0.225 e. The Morgan fingerprint density at radius 1 is 1.05 bits per heavy atom. The molecule has 22 heavy (non-hydrogen) atoms. The minimum Gasteiger partial charge on any atom is -0.438 e. The van der Waals surface area contributed by atoms with Gasteiger partial charge in [-0.05, 0) is 49.2 Å². The summed E-state index contributed by atoms with van der Waals surface area (Å²) in [5.74, 6) is 2.11. The van der Waals surface area contributed by atoms with Gasteiger partial charge in [0.1, 0.15) is 5.52 Å². The van der Waals surface area contributed by atoms with E-state index in [9.17, 15) is 0 Å². The van der Waals surface area contributed by atoms with Gasteiger partial charge in [-0.3, -0.25) is 0 Å². The van der Waals surface area contributed by atoms with Crippen molar-refractivity contribution in [2.75, 3.05) is 11.9 Å². The van der Waals surface area contributed by atoms with Crippen LogP contribution in [0.4, 0.5) is 5.69 Å². The Bertz CT molecular complexity index is 909. The first-order valence-electron chi connectivity index (χ1n) is 7.21. The SMILES string of the molecule is Cc1ccc2c(c1)N(C)/C(=C/c1nc3cc(C)ccc3o1)O2. The summed E-state index contributed by atoms with van der Waals surface area (Å²) < 4.78 is 11.6. The summed E-state index contributed by atoms with van der Waals surface area (Å²) in [4.78, 5) is 6.50. The number of aromatic nitrogens is 1. The van der Waals surface area contributed by atoms with E-state index < -0.39 is 0 Å². The fourth-order valence-electron chi connectivity index (χ4n) is 2.62. The van der Waals surface area contributed by atoms with Gasteiger partial charge < -0.3 is 14.1 Å². The van der Waals surface area contributed by atoms with Gasteiger partial charge in [0.15, 0.2) is 11.3 Å². The third-order valence-corrected chi connectivity index (χ3v) is 3.83. The molecular formula is C18H16N2O2. The molecule has 4 nitrogen and oxygen atoms in total. The van der Waals surface area contributed by atoms with Gasteiger partial charge in [-0.2, -0.15) is 0 Å². The maximum absolute atomic E-state index is 5.88. The van der Waals surface area contributed by atoms with E-state index in [4.69, 9.17) is 9.15 Å². The first kappa shape index (κ1) is 13.0. The van der Waals surface area contributed by atoms with Crippen molar-refractivity contribution in [3.63, 3.8) is 0 Å². The largest absolute Gasteiger partial charge is 0.438 e. The average Bonchev–Trinajstić information content (AvgIpc) is 3.01. The van der Waals surface area contributed by atoms with Gasteiger partial charge in [0, 0.05) is 7.05 Å². The van der Waals surface area contributed by atoms with E-state index in [1.807, 2.05) is 55.3 Å². The first-order valence-corrected chi connectivity index (χ1v) is 7.21. The van der Waals surface area contributed by atoms with Crippen LogP contribution >= 0.6 is 0 Å². The third kappa shape index (κ3) is 2.04. The van der Waals surface area contributed by atoms with Crippen LogP contribution in [0.15, 0.2) is 46.7 Å². The minimum atomic E-state index is 0.548. The molecule has 0 amide bonds. The minimum absolute atomic E-state index is 0.548. The van der Waals surface area contributed by atoms with Crippen molar-refractivity contribution in [3.05, 3.63) is 59.3 Å². The number of oxazole rings is 1. The number of fused-ring (bicyclic) bond motifs is 2. The fraction of sp³-hybridized carbons (Fsp3) is 0.167. The van der Waals surface area contributed by atoms with Gasteiger partial charge in [0.2, 0.25) is 11.8 Å². The summed E-state index contributed by atoms with van der Waals surface area (Å²) in [6.07, 6.45) is 1.82. The number of nitrogens with zero attached hydrogens (tertiary/aromatic N) is 2. The monoisotopic (exact) mass is 292 g/mol. The lowest BCUT2D eigenvalue weighted by molar-refractivity contribution is 0.446. The lowest BCUT2D eigenvalue weighted by atomic mass is 10.2. The lowest BCUT2D eigenvalue weighted by Gasteiger charge is -2.10. The van der Waals surface area contributed by atoms with Gasteiger partial charge in [0.25, 0.3) is 0 Å². The van der Waals surface area contributed by atoms with E-state index >= 15 is 0 Å². The molecule has 2 aromatic carbocycles. The molecule has 3 aromatic rings. The maximum Gasteiger partial charge on any atom is 0.225 e. The van der Waals surface area contributed by atoms with Crippen LogP contribution in [0, 0.1) is 13.8 Å². The summed E-state index contributed by atoms with van der Waals surface area (Å²) in [7, 11) is 1.98. The van der Waals surface area contributed by atoms with E-state index in [1.54, 1.807) is 0 Å². The van der Waals surface area contributed by atoms with Crippen molar-refractivity contribution < 1.29 is 9.15 Å². The van der Waals surface area contributed by atoms with E-state index in [-0.39, 0.29) is 0 Å². The molecule has 0 radical (unpaired) electrons. The van der Waals surface area contributed by atoms with E-state index in [2.05, 4.69) is 18.0 Å². The Morgan fingerprint density at radius 3 is 2.68 bits per heavy atom. The predicted octanol–water partition coefficient (Wildman–Crippen LogP) is 4.27. The molecule has 0 atom stereocenters. The normalized spacial score (nSPS) is 15.4. The third-order valence-electron chi connectivity index (χ3n) is 3.83. The first-order chi connectivity index (χ1) is 10.6. The molecule has 0 bridgehead atoms. The molecule has 4 heteroatoms. The highest BCUT2D eigenvalue weighted by molar-refractivity contribution is 5.76. The highest BCUT2D eigenvalue weighted by Gasteiger charge is 2.23. The number of hydrogen-bond donors (Lipinski definition) is 0. The Hall–Kier alpha value is -2.75. The van der Waals surface area contributed by atoms with Crippen LogP contribution in [-0.4, -0.2) is 12.0 Å². The van der Waals surface area contributed by atoms with E-state index in [1.165, 1.54) is 5.56 Å². The molecular weight excluding hydrogens is 276 g/mol. The van der Waals surface area contributed by atoms with Crippen molar-refractivity contribution in [2.45, 2.75) is 13.8 Å². The second kappa shape index (κ2) is 4.63. The van der Waals surface area contributed by atoms with E-state index in [0.29, 0.717) is 11.8 Å². The molecule has 0 N–H and O–H groups in total. The van der Waals surface area contributed by atoms with Gasteiger partial charge in [-0.25, -0.2) is 4.98 Å². The number of rotatable bonds is 1. The van der Waals surface area contributed by atoms with Crippen LogP contribution in [0.5, 0.6) is 5.75 Å². The Kier molecular flexibility index (Phi) is 2.73. The van der Waals surface area contributed by atoms with Crippen LogP contribution in [0.3, 0.4) is 0 Å². The molecule has 4 rings (SSSR count). The second-order valence-electron chi connectivity index (χ2n) is 5.64. The highest BCUT2D eigenvalue weighted by Crippen LogP contribution is 2.39. The molecule has 0 saturated heterocycles. The zero-order chi connectivity index (χ0) is 15.3. The van der Waals surface area contributed by atoms with Crippen molar-refractivity contribution >= 4 is 22.9 Å². The second-order valence-corrected chi connectivity index (χ2v) is 5.64. The number of anilines is 1. The van der Waals surface area contributed by atoms with Crippen LogP contribution in [0.2, 0.25) is 0 Å². The van der Waals surface area contributed by atoms with Crippen molar-refractivity contribution in [3.8, 4) is 5.75 Å². The summed E-state index contributed by atoms with van der Waals surface area (Å²) in [6.45, 7) is 4.11. The zero-order valence-electron chi connectivity index (χ0n) is 12.8. The van der Waals surface area contributed by atoms with Crippen molar-refractivity contribution in [2.24, 2.45) is 0 Å². The van der Waals surface area contributed by atoms with Crippen molar-refractivity contribution in [1.29, 1.82) is 0 Å². The van der Waals surface area contributed by atoms with Crippen LogP contribution in [-0.2, 0) is 0 Å². The van der Waals surface area contributed by atoms with Crippen LogP contribution in [0.1, 0.15) is 17.0 Å². The van der Waals surface area contributed by atoms with Gasteiger partial charge in [0.05, 0.1) is 11.8 Å². The van der Waals surface area contributed by atoms with Crippen molar-refractivity contribution in [1.82, 2.24) is 4.98 Å². The molecule has 1 aliphatic rings. The lowest BCUT2D eigenvalue weighted by Crippen LogP contribution is -2.13. The summed E-state index contributed by atoms with van der Waals surface area (Å²) in [5.41, 5.74) is 5.07. The molecule has 110 valence electrons. The number of ether oxygens (including phenoxy) is 1. The maximum atomic E-state index is 5.88. The van der Waals surface area contributed by atoms with Crippen LogP contribution in [0.25, 0.3) is 17.2 Å². The molecule has 0 aliphatic carbocycles. The Labute approximate surface area is 128 Å². The van der Waals surface area contributed by atoms with Gasteiger partial charge in [-0.1, -0.05) is 12.1 Å². The van der Waals surface area contributed by atoms with Gasteiger partial charge >= 0.3 is 0 Å².